The monoisotopic (exact) mass is 359 g/mol. The van der Waals surface area contributed by atoms with Crippen LogP contribution in [0.3, 0.4) is 0 Å². The maximum Gasteiger partial charge on any atom is 0.305 e. The molecule has 0 bridgehead atoms. The van der Waals surface area contributed by atoms with Crippen molar-refractivity contribution in [2.24, 2.45) is 0 Å². The van der Waals surface area contributed by atoms with Gasteiger partial charge in [0.15, 0.2) is 0 Å². The molecule has 0 aromatic heterocycles. The van der Waals surface area contributed by atoms with Crippen LogP contribution in [0.2, 0.25) is 0 Å². The van der Waals surface area contributed by atoms with Crippen molar-refractivity contribution < 1.29 is 14.7 Å². The molecule has 1 atom stereocenters. The SMILES string of the molecule is O=C(O)CC1CCCN1C(=O)c1ccccc1I. The zero-order valence-electron chi connectivity index (χ0n) is 9.80. The number of nitrogens with zero attached hydrogens (tertiary/aromatic N) is 1. The van der Waals surface area contributed by atoms with Crippen molar-refractivity contribution in [3.8, 4) is 0 Å². The first-order chi connectivity index (χ1) is 8.59. The second-order valence-corrected chi connectivity index (χ2v) is 5.53. The van der Waals surface area contributed by atoms with E-state index in [9.17, 15) is 9.59 Å². The lowest BCUT2D eigenvalue weighted by atomic mass is 10.1. The molecule has 96 valence electrons. The van der Waals surface area contributed by atoms with Crippen LogP contribution in [0.5, 0.6) is 0 Å². The minimum atomic E-state index is -0.845. The summed E-state index contributed by atoms with van der Waals surface area (Å²) in [4.78, 5) is 24.9. The maximum absolute atomic E-state index is 12.4. The highest BCUT2D eigenvalue weighted by Gasteiger charge is 2.31. The van der Waals surface area contributed by atoms with E-state index in [1.807, 2.05) is 18.2 Å². The molecule has 1 amide bonds. The van der Waals surface area contributed by atoms with Crippen molar-refractivity contribution in [3.05, 3.63) is 33.4 Å². The lowest BCUT2D eigenvalue weighted by Crippen LogP contribution is -2.37. The van der Waals surface area contributed by atoms with Gasteiger partial charge in [0.1, 0.15) is 0 Å². The lowest BCUT2D eigenvalue weighted by Gasteiger charge is -2.24. The van der Waals surface area contributed by atoms with Crippen molar-refractivity contribution in [3.63, 3.8) is 0 Å². The molecular weight excluding hydrogens is 345 g/mol. The molecule has 1 aliphatic heterocycles. The first-order valence-electron chi connectivity index (χ1n) is 5.87. The summed E-state index contributed by atoms with van der Waals surface area (Å²) >= 11 is 2.13. The zero-order chi connectivity index (χ0) is 13.1. The van der Waals surface area contributed by atoms with Gasteiger partial charge in [0.25, 0.3) is 5.91 Å². The van der Waals surface area contributed by atoms with E-state index < -0.39 is 5.97 Å². The Bertz CT molecular complexity index is 475. The van der Waals surface area contributed by atoms with Gasteiger partial charge >= 0.3 is 5.97 Å². The highest BCUT2D eigenvalue weighted by molar-refractivity contribution is 14.1. The number of aliphatic carboxylic acids is 1. The predicted octanol–water partition coefficient (Wildman–Crippen LogP) is 2.37. The average Bonchev–Trinajstić information content (AvgIpc) is 2.76. The number of hydrogen-bond donors (Lipinski definition) is 1. The number of hydrogen-bond acceptors (Lipinski definition) is 2. The number of halogens is 1. The van der Waals surface area contributed by atoms with Gasteiger partial charge in [-0.3, -0.25) is 9.59 Å². The van der Waals surface area contributed by atoms with Crippen LogP contribution in [-0.4, -0.2) is 34.5 Å². The smallest absolute Gasteiger partial charge is 0.305 e. The van der Waals surface area contributed by atoms with Crippen LogP contribution in [0.25, 0.3) is 0 Å². The summed E-state index contributed by atoms with van der Waals surface area (Å²) in [6.45, 7) is 0.655. The summed E-state index contributed by atoms with van der Waals surface area (Å²) in [5.74, 6) is -0.897. The quantitative estimate of drug-likeness (QED) is 0.844. The fourth-order valence-corrected chi connectivity index (χ4v) is 2.92. The van der Waals surface area contributed by atoms with Gasteiger partial charge in [-0.1, -0.05) is 12.1 Å². The fraction of sp³-hybridized carbons (Fsp3) is 0.385. The topological polar surface area (TPSA) is 57.6 Å². The number of carbonyl (C=O) groups is 2. The van der Waals surface area contributed by atoms with Crippen LogP contribution < -0.4 is 0 Å². The standard InChI is InChI=1S/C13H14INO3/c14-11-6-2-1-5-10(11)13(18)15-7-3-4-9(15)8-12(16)17/h1-2,5-6,9H,3-4,7-8H2,(H,16,17). The first kappa shape index (κ1) is 13.3. The molecule has 4 nitrogen and oxygen atoms in total. The molecule has 1 unspecified atom stereocenters. The highest BCUT2D eigenvalue weighted by atomic mass is 127. The third-order valence-corrected chi connectivity index (χ3v) is 4.09. The molecule has 1 aromatic carbocycles. The van der Waals surface area contributed by atoms with E-state index >= 15 is 0 Å². The van der Waals surface area contributed by atoms with Crippen molar-refractivity contribution in [1.29, 1.82) is 0 Å². The first-order valence-corrected chi connectivity index (χ1v) is 6.95. The van der Waals surface area contributed by atoms with E-state index in [2.05, 4.69) is 22.6 Å². The molecule has 1 aliphatic rings. The third kappa shape index (κ3) is 2.82. The molecule has 1 aromatic rings. The fourth-order valence-electron chi connectivity index (χ4n) is 2.31. The highest BCUT2D eigenvalue weighted by Crippen LogP contribution is 2.24. The van der Waals surface area contributed by atoms with Crippen LogP contribution in [0.1, 0.15) is 29.6 Å². The minimum Gasteiger partial charge on any atom is -0.481 e. The molecule has 2 rings (SSSR count). The summed E-state index contributed by atoms with van der Waals surface area (Å²) in [6, 6.07) is 7.23. The second kappa shape index (κ2) is 5.69. The summed E-state index contributed by atoms with van der Waals surface area (Å²) in [6.07, 6.45) is 1.70. The van der Waals surface area contributed by atoms with E-state index in [-0.39, 0.29) is 18.4 Å². The summed E-state index contributed by atoms with van der Waals surface area (Å²) in [5.41, 5.74) is 0.662. The Balaban J connectivity index is 2.18. The van der Waals surface area contributed by atoms with Crippen LogP contribution in [0.15, 0.2) is 24.3 Å². The van der Waals surface area contributed by atoms with Gasteiger partial charge in [0, 0.05) is 16.2 Å². The van der Waals surface area contributed by atoms with Crippen molar-refractivity contribution in [2.75, 3.05) is 6.54 Å². The van der Waals surface area contributed by atoms with Gasteiger partial charge in [-0.05, 0) is 47.6 Å². The van der Waals surface area contributed by atoms with Crippen molar-refractivity contribution in [2.45, 2.75) is 25.3 Å². The Morgan fingerprint density at radius 3 is 2.78 bits per heavy atom. The molecule has 1 fully saturated rings. The number of carboxylic acid groups (broad SMARTS) is 1. The number of benzene rings is 1. The van der Waals surface area contributed by atoms with Gasteiger partial charge in [-0.2, -0.15) is 0 Å². The molecule has 1 saturated heterocycles. The Labute approximate surface area is 119 Å². The molecule has 0 saturated carbocycles. The average molecular weight is 359 g/mol. The number of carboxylic acids is 1. The van der Waals surface area contributed by atoms with E-state index in [1.54, 1.807) is 11.0 Å². The van der Waals surface area contributed by atoms with Gasteiger partial charge in [0.2, 0.25) is 0 Å². The molecule has 0 aliphatic carbocycles. The Hall–Kier alpha value is -1.11. The molecule has 18 heavy (non-hydrogen) atoms. The van der Waals surface area contributed by atoms with Gasteiger partial charge in [-0.15, -0.1) is 0 Å². The predicted molar refractivity (Wildman–Crippen MR) is 75.5 cm³/mol. The molecule has 0 spiro atoms. The number of carbonyl (C=O) groups excluding carboxylic acids is 1. The summed E-state index contributed by atoms with van der Waals surface area (Å²) < 4.78 is 0.904. The maximum atomic E-state index is 12.4. The second-order valence-electron chi connectivity index (χ2n) is 4.37. The Morgan fingerprint density at radius 1 is 1.39 bits per heavy atom. The molecule has 5 heteroatoms. The normalized spacial score (nSPS) is 18.9. The number of rotatable bonds is 3. The lowest BCUT2D eigenvalue weighted by molar-refractivity contribution is -0.137. The summed E-state index contributed by atoms with van der Waals surface area (Å²) in [7, 11) is 0. The van der Waals surface area contributed by atoms with Gasteiger partial charge in [-0.25, -0.2) is 0 Å². The zero-order valence-corrected chi connectivity index (χ0v) is 12.0. The minimum absolute atomic E-state index is 0.0369. The van der Waals surface area contributed by atoms with Crippen LogP contribution in [0, 0.1) is 3.57 Å². The molecule has 1 heterocycles. The van der Waals surface area contributed by atoms with Crippen LogP contribution >= 0.6 is 22.6 Å². The van der Waals surface area contributed by atoms with E-state index in [1.165, 1.54) is 0 Å². The summed E-state index contributed by atoms with van der Waals surface area (Å²) in [5, 5.41) is 8.86. The Morgan fingerprint density at radius 2 is 2.11 bits per heavy atom. The van der Waals surface area contributed by atoms with Gasteiger partial charge < -0.3 is 10.0 Å². The Kier molecular flexibility index (Phi) is 4.21. The van der Waals surface area contributed by atoms with Gasteiger partial charge in [0.05, 0.1) is 12.0 Å². The van der Waals surface area contributed by atoms with Crippen LogP contribution in [0.4, 0.5) is 0 Å². The molecular formula is C13H14INO3. The van der Waals surface area contributed by atoms with Crippen molar-refractivity contribution >= 4 is 34.5 Å². The largest absolute Gasteiger partial charge is 0.481 e. The van der Waals surface area contributed by atoms with Crippen LogP contribution in [-0.2, 0) is 4.79 Å². The number of amides is 1. The number of likely N-dealkylation sites (tertiary alicyclic amines) is 1. The van der Waals surface area contributed by atoms with E-state index in [4.69, 9.17) is 5.11 Å². The van der Waals surface area contributed by atoms with E-state index in [0.717, 1.165) is 16.4 Å². The molecule has 1 N–H and O–H groups in total. The van der Waals surface area contributed by atoms with E-state index in [0.29, 0.717) is 12.1 Å². The molecule has 0 radical (unpaired) electrons. The van der Waals surface area contributed by atoms with Crippen molar-refractivity contribution in [1.82, 2.24) is 4.90 Å². The third-order valence-electron chi connectivity index (χ3n) is 3.15.